The van der Waals surface area contributed by atoms with Crippen LogP contribution >= 0.6 is 31.9 Å². The fourth-order valence-corrected chi connectivity index (χ4v) is 3.09. The van der Waals surface area contributed by atoms with Crippen molar-refractivity contribution in [3.05, 3.63) is 50.4 Å². The number of phenolic OH excluding ortho intramolecular Hbond substituents is 1. The third-order valence-electron chi connectivity index (χ3n) is 3.83. The summed E-state index contributed by atoms with van der Waals surface area (Å²) in [5.74, 6) is 0.890. The third kappa shape index (κ3) is 3.96. The van der Waals surface area contributed by atoms with Crippen molar-refractivity contribution < 1.29 is 9.84 Å². The number of para-hydroxylation sites is 1. The van der Waals surface area contributed by atoms with E-state index in [1.807, 2.05) is 18.2 Å². The van der Waals surface area contributed by atoms with Crippen molar-refractivity contribution in [1.82, 2.24) is 0 Å². The Morgan fingerprint density at radius 1 is 1.30 bits per heavy atom. The number of aromatic hydroxyl groups is 1. The predicted molar refractivity (Wildman–Crippen MR) is 102 cm³/mol. The maximum absolute atomic E-state index is 10.3. The molecule has 23 heavy (non-hydrogen) atoms. The molecule has 0 saturated carbocycles. The molecule has 0 unspecified atom stereocenters. The number of methoxy groups -OCH3 is 1. The molecule has 3 nitrogen and oxygen atoms in total. The van der Waals surface area contributed by atoms with E-state index >= 15 is 0 Å². The van der Waals surface area contributed by atoms with E-state index in [4.69, 9.17) is 4.74 Å². The zero-order valence-electron chi connectivity index (χ0n) is 13.3. The number of benzene rings is 2. The highest BCUT2D eigenvalue weighted by atomic mass is 79.9. The van der Waals surface area contributed by atoms with Gasteiger partial charge in [0.15, 0.2) is 11.5 Å². The summed E-state index contributed by atoms with van der Waals surface area (Å²) in [5, 5.41) is 10.3. The van der Waals surface area contributed by atoms with Gasteiger partial charge in [0.05, 0.1) is 18.4 Å². The molecular formula is C18H19Br2NO2. The number of phenols is 1. The smallest absolute Gasteiger partial charge is 0.167 e. The molecule has 0 amide bonds. The fourth-order valence-electron chi connectivity index (χ4n) is 2.26. The van der Waals surface area contributed by atoms with Crippen LogP contribution < -0.4 is 4.74 Å². The number of nitrogens with zero attached hydrogens (tertiary/aromatic N) is 1. The summed E-state index contributed by atoms with van der Waals surface area (Å²) < 4.78 is 6.72. The van der Waals surface area contributed by atoms with Crippen molar-refractivity contribution >= 4 is 43.8 Å². The molecule has 0 spiro atoms. The first-order chi connectivity index (χ1) is 11.0. The first kappa shape index (κ1) is 18.0. The second kappa shape index (κ2) is 7.97. The molecule has 122 valence electrons. The van der Waals surface area contributed by atoms with Crippen molar-refractivity contribution in [2.45, 2.75) is 26.2 Å². The van der Waals surface area contributed by atoms with Crippen LogP contribution in [0.2, 0.25) is 0 Å². The normalized spacial score (nSPS) is 12.6. The van der Waals surface area contributed by atoms with E-state index in [9.17, 15) is 5.11 Å². The Morgan fingerprint density at radius 3 is 2.65 bits per heavy atom. The third-order valence-corrected chi connectivity index (χ3v) is 5.84. The van der Waals surface area contributed by atoms with Gasteiger partial charge in [-0.2, -0.15) is 0 Å². The van der Waals surface area contributed by atoms with Crippen molar-refractivity contribution in [2.24, 2.45) is 4.99 Å². The number of ether oxygens (including phenoxy) is 1. The van der Waals surface area contributed by atoms with E-state index in [1.54, 1.807) is 12.3 Å². The molecule has 0 aliphatic heterocycles. The molecule has 0 aliphatic carbocycles. The van der Waals surface area contributed by atoms with Gasteiger partial charge >= 0.3 is 0 Å². The zero-order chi connectivity index (χ0) is 17.0. The standard InChI is InChI=1S/C18H19Br2NO2/c1-4-11(2)12-7-5-6-8-15(12)21-10-13-17(20)14(19)9-16(23-3)18(13)22/h5-11,22H,4H2,1-3H3/t11-/m1/s1. The topological polar surface area (TPSA) is 41.8 Å². The molecule has 0 bridgehead atoms. The predicted octanol–water partition coefficient (Wildman–Crippen LogP) is 6.19. The largest absolute Gasteiger partial charge is 0.504 e. The molecule has 1 atom stereocenters. The monoisotopic (exact) mass is 439 g/mol. The lowest BCUT2D eigenvalue weighted by Gasteiger charge is -2.12. The van der Waals surface area contributed by atoms with Crippen LogP contribution in [0, 0.1) is 0 Å². The number of halogens is 2. The van der Waals surface area contributed by atoms with Crippen LogP contribution in [0.1, 0.15) is 37.3 Å². The minimum atomic E-state index is 0.0624. The molecule has 0 fully saturated rings. The number of rotatable bonds is 5. The van der Waals surface area contributed by atoms with Crippen molar-refractivity contribution in [3.8, 4) is 11.5 Å². The summed E-state index contributed by atoms with van der Waals surface area (Å²) in [5.41, 5.74) is 2.69. The highest BCUT2D eigenvalue weighted by Crippen LogP contribution is 2.40. The second-order valence-electron chi connectivity index (χ2n) is 5.26. The first-order valence-electron chi connectivity index (χ1n) is 7.37. The number of hydrogen-bond acceptors (Lipinski definition) is 3. The van der Waals surface area contributed by atoms with Gasteiger partial charge in [-0.05, 0) is 61.9 Å². The summed E-state index contributed by atoms with van der Waals surface area (Å²) in [6.45, 7) is 4.34. The Morgan fingerprint density at radius 2 is 2.00 bits per heavy atom. The van der Waals surface area contributed by atoms with Gasteiger partial charge in [-0.15, -0.1) is 0 Å². The molecule has 0 heterocycles. The summed E-state index contributed by atoms with van der Waals surface area (Å²) in [6, 6.07) is 9.78. The average molecular weight is 441 g/mol. The van der Waals surface area contributed by atoms with Gasteiger partial charge in [0.1, 0.15) is 0 Å². The SMILES string of the molecule is CC[C@@H](C)c1ccccc1N=Cc1c(O)c(OC)cc(Br)c1Br. The lowest BCUT2D eigenvalue weighted by molar-refractivity contribution is 0.372. The molecule has 0 aliphatic rings. The quantitative estimate of drug-likeness (QED) is 0.563. The molecule has 1 N–H and O–H groups in total. The Labute approximate surface area is 153 Å². The van der Waals surface area contributed by atoms with Gasteiger partial charge in [0, 0.05) is 15.2 Å². The van der Waals surface area contributed by atoms with Crippen LogP contribution in [0.4, 0.5) is 5.69 Å². The lowest BCUT2D eigenvalue weighted by atomic mass is 9.97. The van der Waals surface area contributed by atoms with E-state index in [-0.39, 0.29) is 5.75 Å². The maximum Gasteiger partial charge on any atom is 0.167 e. The van der Waals surface area contributed by atoms with Gasteiger partial charge in [0.25, 0.3) is 0 Å². The lowest BCUT2D eigenvalue weighted by Crippen LogP contribution is -1.94. The molecule has 2 rings (SSSR count). The maximum atomic E-state index is 10.3. The highest BCUT2D eigenvalue weighted by Gasteiger charge is 2.14. The summed E-state index contributed by atoms with van der Waals surface area (Å²) in [7, 11) is 1.52. The molecule has 0 saturated heterocycles. The van der Waals surface area contributed by atoms with Crippen molar-refractivity contribution in [2.75, 3.05) is 7.11 Å². The second-order valence-corrected chi connectivity index (χ2v) is 6.91. The van der Waals surface area contributed by atoms with Crippen molar-refractivity contribution in [1.29, 1.82) is 0 Å². The summed E-state index contributed by atoms with van der Waals surface area (Å²) in [4.78, 5) is 4.59. The van der Waals surface area contributed by atoms with Crippen LogP contribution in [0.25, 0.3) is 0 Å². The first-order valence-corrected chi connectivity index (χ1v) is 8.96. The average Bonchev–Trinajstić information content (AvgIpc) is 2.57. The van der Waals surface area contributed by atoms with Crippen LogP contribution in [-0.2, 0) is 0 Å². The van der Waals surface area contributed by atoms with Gasteiger partial charge < -0.3 is 9.84 Å². The highest BCUT2D eigenvalue weighted by molar-refractivity contribution is 9.13. The minimum absolute atomic E-state index is 0.0624. The van der Waals surface area contributed by atoms with Gasteiger partial charge in [-0.3, -0.25) is 4.99 Å². The zero-order valence-corrected chi connectivity index (χ0v) is 16.5. The Kier molecular flexibility index (Phi) is 6.25. The van der Waals surface area contributed by atoms with E-state index in [0.717, 1.165) is 21.1 Å². The van der Waals surface area contributed by atoms with Crippen LogP contribution in [0.5, 0.6) is 11.5 Å². The Bertz CT molecular complexity index is 729. The molecule has 0 aromatic heterocycles. The van der Waals surface area contributed by atoms with Crippen LogP contribution in [-0.4, -0.2) is 18.4 Å². The number of hydrogen-bond donors (Lipinski definition) is 1. The van der Waals surface area contributed by atoms with Gasteiger partial charge in [-0.25, -0.2) is 0 Å². The number of aliphatic imine (C=N–C) groups is 1. The molecule has 0 radical (unpaired) electrons. The fraction of sp³-hybridized carbons (Fsp3) is 0.278. The molecule has 5 heteroatoms. The van der Waals surface area contributed by atoms with Gasteiger partial charge in [-0.1, -0.05) is 32.0 Å². The molecule has 2 aromatic rings. The van der Waals surface area contributed by atoms with Crippen LogP contribution in [0.3, 0.4) is 0 Å². The van der Waals surface area contributed by atoms with Gasteiger partial charge in [0.2, 0.25) is 0 Å². The van der Waals surface area contributed by atoms with Crippen molar-refractivity contribution in [3.63, 3.8) is 0 Å². The van der Waals surface area contributed by atoms with E-state index in [2.05, 4.69) is 56.8 Å². The summed E-state index contributed by atoms with van der Waals surface area (Å²) in [6.07, 6.45) is 2.71. The Hall–Kier alpha value is -1.33. The van der Waals surface area contributed by atoms with Crippen LogP contribution in [0.15, 0.2) is 44.3 Å². The molecule has 2 aromatic carbocycles. The van der Waals surface area contributed by atoms with E-state index < -0.39 is 0 Å². The summed E-state index contributed by atoms with van der Waals surface area (Å²) >= 11 is 6.92. The molecular weight excluding hydrogens is 422 g/mol. The Balaban J connectivity index is 2.48. The van der Waals surface area contributed by atoms with E-state index in [0.29, 0.717) is 17.2 Å². The minimum Gasteiger partial charge on any atom is -0.504 e. The van der Waals surface area contributed by atoms with E-state index in [1.165, 1.54) is 12.7 Å².